The summed E-state index contributed by atoms with van der Waals surface area (Å²) in [6, 6.07) is 10.2. The third kappa shape index (κ3) is 3.39. The lowest BCUT2D eigenvalue weighted by Gasteiger charge is -2.10. The zero-order valence-corrected chi connectivity index (χ0v) is 10.5. The molecule has 0 saturated heterocycles. The van der Waals surface area contributed by atoms with Gasteiger partial charge in [0.1, 0.15) is 23.9 Å². The molecule has 0 aliphatic rings. The van der Waals surface area contributed by atoms with Crippen molar-refractivity contribution in [1.82, 2.24) is 0 Å². The first-order valence-corrected chi connectivity index (χ1v) is 5.78. The van der Waals surface area contributed by atoms with Crippen LogP contribution in [0.2, 0.25) is 0 Å². The van der Waals surface area contributed by atoms with Gasteiger partial charge in [-0.15, -0.1) is 0 Å². The van der Waals surface area contributed by atoms with Crippen molar-refractivity contribution < 1.29 is 22.7 Å². The Morgan fingerprint density at radius 2 is 1.76 bits per heavy atom. The van der Waals surface area contributed by atoms with Gasteiger partial charge in [0.15, 0.2) is 0 Å². The number of carbonyl (C=O) groups excluding carboxylic acids is 1. The lowest BCUT2D eigenvalue weighted by Crippen LogP contribution is -2.04. The molecule has 0 fully saturated rings. The highest BCUT2D eigenvalue weighted by molar-refractivity contribution is 5.76. The summed E-state index contributed by atoms with van der Waals surface area (Å²) in [6.45, 7) is 0. The summed E-state index contributed by atoms with van der Waals surface area (Å²) in [5.74, 6) is 0.334. The molecule has 0 N–H and O–H groups in total. The van der Waals surface area contributed by atoms with E-state index < -0.39 is 11.7 Å². The van der Waals surface area contributed by atoms with E-state index in [-0.39, 0.29) is 17.1 Å². The van der Waals surface area contributed by atoms with Crippen LogP contribution in [0.1, 0.15) is 21.5 Å². The van der Waals surface area contributed by atoms with Crippen LogP contribution in [0.15, 0.2) is 42.5 Å². The zero-order chi connectivity index (χ0) is 15.5. The molecule has 6 heteroatoms. The highest BCUT2D eigenvalue weighted by Crippen LogP contribution is 2.32. The number of alkyl halides is 3. The Morgan fingerprint density at radius 3 is 2.29 bits per heavy atom. The maximum Gasteiger partial charge on any atom is 0.416 e. The van der Waals surface area contributed by atoms with Crippen LogP contribution in [0.3, 0.4) is 0 Å². The van der Waals surface area contributed by atoms with E-state index in [9.17, 15) is 18.0 Å². The standard InChI is InChI=1S/C15H8F3NO2/c16-15(17,18)12-2-4-13(5-3-12)21-14-6-1-10(9-20)7-11(14)8-19/h1-7,9H. The van der Waals surface area contributed by atoms with Gasteiger partial charge in [-0.25, -0.2) is 0 Å². The quantitative estimate of drug-likeness (QED) is 0.797. The average Bonchev–Trinajstić information content (AvgIpc) is 2.47. The summed E-state index contributed by atoms with van der Waals surface area (Å²) in [5.41, 5.74) is -0.350. The van der Waals surface area contributed by atoms with Crippen LogP contribution in [0.4, 0.5) is 13.2 Å². The number of benzene rings is 2. The van der Waals surface area contributed by atoms with Crippen molar-refractivity contribution in [1.29, 1.82) is 5.26 Å². The predicted octanol–water partition coefficient (Wildman–Crippen LogP) is 4.18. The van der Waals surface area contributed by atoms with Crippen molar-refractivity contribution in [2.45, 2.75) is 6.18 Å². The maximum atomic E-state index is 12.4. The van der Waals surface area contributed by atoms with Crippen LogP contribution in [0.5, 0.6) is 11.5 Å². The molecule has 0 heterocycles. The normalized spacial score (nSPS) is 10.8. The number of hydrogen-bond acceptors (Lipinski definition) is 3. The fourth-order valence-corrected chi connectivity index (χ4v) is 1.64. The van der Waals surface area contributed by atoms with E-state index in [1.807, 2.05) is 6.07 Å². The minimum atomic E-state index is -4.41. The Bertz CT molecular complexity index is 700. The number of aldehydes is 1. The Hall–Kier alpha value is -2.81. The van der Waals surface area contributed by atoms with Gasteiger partial charge in [-0.3, -0.25) is 4.79 Å². The minimum absolute atomic E-state index is 0.125. The SMILES string of the molecule is N#Cc1cc(C=O)ccc1Oc1ccc(C(F)(F)F)cc1. The van der Waals surface area contributed by atoms with Crippen LogP contribution in [-0.2, 0) is 6.18 Å². The van der Waals surface area contributed by atoms with E-state index in [0.717, 1.165) is 24.3 Å². The molecule has 0 atom stereocenters. The second kappa shape index (κ2) is 5.67. The fourth-order valence-electron chi connectivity index (χ4n) is 1.64. The zero-order valence-electron chi connectivity index (χ0n) is 10.5. The molecule has 0 aliphatic heterocycles. The molecule has 2 aromatic carbocycles. The smallest absolute Gasteiger partial charge is 0.416 e. The largest absolute Gasteiger partial charge is 0.456 e. The molecule has 0 bridgehead atoms. The number of nitriles is 1. The van der Waals surface area contributed by atoms with Crippen LogP contribution in [0.25, 0.3) is 0 Å². The van der Waals surface area contributed by atoms with Crippen molar-refractivity contribution >= 4 is 6.29 Å². The average molecular weight is 291 g/mol. The second-order valence-electron chi connectivity index (χ2n) is 4.11. The number of hydrogen-bond donors (Lipinski definition) is 0. The van der Waals surface area contributed by atoms with E-state index in [2.05, 4.69) is 0 Å². The Kier molecular flexibility index (Phi) is 3.94. The number of rotatable bonds is 3. The highest BCUT2D eigenvalue weighted by atomic mass is 19.4. The number of ether oxygens (including phenoxy) is 1. The van der Waals surface area contributed by atoms with Gasteiger partial charge < -0.3 is 4.74 Å². The molecule has 106 valence electrons. The third-order valence-corrected chi connectivity index (χ3v) is 2.67. The molecule has 21 heavy (non-hydrogen) atoms. The number of carbonyl (C=O) groups is 1. The first-order valence-electron chi connectivity index (χ1n) is 5.78. The van der Waals surface area contributed by atoms with E-state index in [1.165, 1.54) is 18.2 Å². The molecule has 0 saturated carbocycles. The monoisotopic (exact) mass is 291 g/mol. The highest BCUT2D eigenvalue weighted by Gasteiger charge is 2.30. The summed E-state index contributed by atoms with van der Waals surface area (Å²) >= 11 is 0. The van der Waals surface area contributed by atoms with E-state index in [1.54, 1.807) is 0 Å². The molecule has 3 nitrogen and oxygen atoms in total. The molecular weight excluding hydrogens is 283 g/mol. The summed E-state index contributed by atoms with van der Waals surface area (Å²) in [6.07, 6.45) is -3.83. The molecule has 2 rings (SSSR count). The number of halogens is 3. The van der Waals surface area contributed by atoms with Gasteiger partial charge in [0.25, 0.3) is 0 Å². The summed E-state index contributed by atoms with van der Waals surface area (Å²) in [7, 11) is 0. The van der Waals surface area contributed by atoms with Crippen molar-refractivity contribution in [3.8, 4) is 17.6 Å². The molecule has 0 aromatic heterocycles. The summed E-state index contributed by atoms with van der Waals surface area (Å²) in [5, 5.41) is 8.97. The molecule has 0 radical (unpaired) electrons. The topological polar surface area (TPSA) is 50.1 Å². The predicted molar refractivity (Wildman–Crippen MR) is 68.1 cm³/mol. The minimum Gasteiger partial charge on any atom is -0.456 e. The lowest BCUT2D eigenvalue weighted by atomic mass is 10.1. The molecular formula is C15H8F3NO2. The van der Waals surface area contributed by atoms with Crippen LogP contribution >= 0.6 is 0 Å². The Balaban J connectivity index is 2.26. The summed E-state index contributed by atoms with van der Waals surface area (Å²) in [4.78, 5) is 10.6. The Labute approximate surface area is 118 Å². The van der Waals surface area contributed by atoms with Crippen LogP contribution in [-0.4, -0.2) is 6.29 Å². The molecule has 0 amide bonds. The Morgan fingerprint density at radius 1 is 1.10 bits per heavy atom. The van der Waals surface area contributed by atoms with Crippen LogP contribution < -0.4 is 4.74 Å². The second-order valence-corrected chi connectivity index (χ2v) is 4.11. The molecule has 0 unspecified atom stereocenters. The van der Waals surface area contributed by atoms with Gasteiger partial charge in [-0.05, 0) is 42.5 Å². The third-order valence-electron chi connectivity index (χ3n) is 2.67. The van der Waals surface area contributed by atoms with Crippen molar-refractivity contribution in [3.63, 3.8) is 0 Å². The van der Waals surface area contributed by atoms with Crippen molar-refractivity contribution in [2.24, 2.45) is 0 Å². The van der Waals surface area contributed by atoms with Gasteiger partial charge in [-0.2, -0.15) is 18.4 Å². The van der Waals surface area contributed by atoms with Crippen molar-refractivity contribution in [3.05, 3.63) is 59.2 Å². The fraction of sp³-hybridized carbons (Fsp3) is 0.0667. The van der Waals surface area contributed by atoms with Gasteiger partial charge in [0, 0.05) is 5.56 Å². The first kappa shape index (κ1) is 14.6. The molecule has 0 aliphatic carbocycles. The van der Waals surface area contributed by atoms with E-state index >= 15 is 0 Å². The first-order chi connectivity index (χ1) is 9.94. The lowest BCUT2D eigenvalue weighted by molar-refractivity contribution is -0.137. The molecule has 2 aromatic rings. The summed E-state index contributed by atoms with van der Waals surface area (Å²) < 4.78 is 42.7. The number of nitrogens with zero attached hydrogens (tertiary/aromatic N) is 1. The van der Waals surface area contributed by atoms with Gasteiger partial charge in [0.2, 0.25) is 0 Å². The van der Waals surface area contributed by atoms with E-state index in [0.29, 0.717) is 11.8 Å². The van der Waals surface area contributed by atoms with Gasteiger partial charge in [0.05, 0.1) is 11.1 Å². The van der Waals surface area contributed by atoms with Gasteiger partial charge >= 0.3 is 6.18 Å². The maximum absolute atomic E-state index is 12.4. The van der Waals surface area contributed by atoms with Crippen LogP contribution in [0, 0.1) is 11.3 Å². The van der Waals surface area contributed by atoms with E-state index in [4.69, 9.17) is 10.00 Å². The van der Waals surface area contributed by atoms with Crippen molar-refractivity contribution in [2.75, 3.05) is 0 Å². The molecule has 0 spiro atoms. The van der Waals surface area contributed by atoms with Gasteiger partial charge in [-0.1, -0.05) is 0 Å².